The Labute approximate surface area is 123 Å². The number of ether oxygens (including phenoxy) is 1. The van der Waals surface area contributed by atoms with E-state index in [1.54, 1.807) is 0 Å². The molecule has 0 aromatic carbocycles. The van der Waals surface area contributed by atoms with Gasteiger partial charge in [0.25, 0.3) is 0 Å². The van der Waals surface area contributed by atoms with Crippen molar-refractivity contribution in [2.75, 3.05) is 20.2 Å². The van der Waals surface area contributed by atoms with E-state index in [1.165, 1.54) is 25.7 Å². The number of nitrogens with two attached hydrogens (primary N) is 1. The van der Waals surface area contributed by atoms with Crippen molar-refractivity contribution in [3.8, 4) is 0 Å². The minimum atomic E-state index is -0.246. The van der Waals surface area contributed by atoms with Crippen molar-refractivity contribution >= 4 is 5.91 Å². The molecule has 0 spiro atoms. The van der Waals surface area contributed by atoms with Gasteiger partial charge in [0, 0.05) is 19.6 Å². The van der Waals surface area contributed by atoms with E-state index < -0.39 is 0 Å². The fourth-order valence-electron chi connectivity index (χ4n) is 3.29. The number of hydrogen-bond acceptors (Lipinski definition) is 3. The summed E-state index contributed by atoms with van der Waals surface area (Å²) in [6, 6.07) is 0.459. The van der Waals surface area contributed by atoms with E-state index in [1.807, 2.05) is 11.9 Å². The van der Waals surface area contributed by atoms with Gasteiger partial charge < -0.3 is 15.4 Å². The van der Waals surface area contributed by atoms with Gasteiger partial charge in [0.05, 0.1) is 5.60 Å². The van der Waals surface area contributed by atoms with Gasteiger partial charge in [-0.3, -0.25) is 4.79 Å². The van der Waals surface area contributed by atoms with Crippen molar-refractivity contribution in [2.45, 2.75) is 69.9 Å². The van der Waals surface area contributed by atoms with E-state index in [-0.39, 0.29) is 18.1 Å². The van der Waals surface area contributed by atoms with Crippen molar-refractivity contribution in [3.63, 3.8) is 0 Å². The first-order valence-corrected chi connectivity index (χ1v) is 8.20. The number of hydrogen-bond donors (Lipinski definition) is 1. The number of likely N-dealkylation sites (N-methyl/N-ethyl adjacent to an activating group) is 1. The molecule has 2 aliphatic rings. The Hall–Kier alpha value is -0.610. The van der Waals surface area contributed by atoms with Gasteiger partial charge >= 0.3 is 0 Å². The Kier molecular flexibility index (Phi) is 5.44. The topological polar surface area (TPSA) is 55.6 Å². The van der Waals surface area contributed by atoms with Crippen LogP contribution in [0.3, 0.4) is 0 Å². The molecular weight excluding hydrogens is 252 g/mol. The largest absolute Gasteiger partial charge is 0.364 e. The lowest BCUT2D eigenvalue weighted by Gasteiger charge is -2.39. The van der Waals surface area contributed by atoms with Crippen LogP contribution in [0.5, 0.6) is 0 Å². The van der Waals surface area contributed by atoms with E-state index >= 15 is 0 Å². The summed E-state index contributed by atoms with van der Waals surface area (Å²) in [5.41, 5.74) is 5.70. The van der Waals surface area contributed by atoms with E-state index in [0.29, 0.717) is 12.6 Å². The molecule has 0 aromatic heterocycles. The van der Waals surface area contributed by atoms with Crippen molar-refractivity contribution in [1.29, 1.82) is 0 Å². The third-order valence-electron chi connectivity index (χ3n) is 5.08. The van der Waals surface area contributed by atoms with Crippen molar-refractivity contribution in [1.82, 2.24) is 4.90 Å². The number of rotatable bonds is 7. The third-order valence-corrected chi connectivity index (χ3v) is 5.08. The number of nitrogens with zero attached hydrogens (tertiary/aromatic N) is 1. The quantitative estimate of drug-likeness (QED) is 0.779. The summed E-state index contributed by atoms with van der Waals surface area (Å²) in [5.74, 6) is 0.934. The molecule has 0 saturated heterocycles. The molecular formula is C16H30N2O2. The maximum absolute atomic E-state index is 12.1. The smallest absolute Gasteiger partial charge is 0.248 e. The highest BCUT2D eigenvalue weighted by molar-refractivity contribution is 5.77. The molecule has 0 aliphatic heterocycles. The average Bonchev–Trinajstić information content (AvgIpc) is 3.31. The molecule has 0 heterocycles. The van der Waals surface area contributed by atoms with Gasteiger partial charge in [0.2, 0.25) is 5.91 Å². The fourth-order valence-corrected chi connectivity index (χ4v) is 3.29. The molecule has 0 atom stereocenters. The second kappa shape index (κ2) is 6.90. The van der Waals surface area contributed by atoms with Crippen molar-refractivity contribution in [3.05, 3.63) is 0 Å². The lowest BCUT2D eigenvalue weighted by molar-refractivity contribution is -0.145. The van der Waals surface area contributed by atoms with Crippen molar-refractivity contribution < 1.29 is 9.53 Å². The van der Waals surface area contributed by atoms with Crippen LogP contribution in [0.15, 0.2) is 0 Å². The lowest BCUT2D eigenvalue weighted by Crippen LogP contribution is -2.46. The molecule has 2 saturated carbocycles. The fraction of sp³-hybridized carbons (Fsp3) is 0.938. The average molecular weight is 282 g/mol. The van der Waals surface area contributed by atoms with Gasteiger partial charge in [-0.2, -0.15) is 0 Å². The van der Waals surface area contributed by atoms with Gasteiger partial charge in [-0.1, -0.05) is 19.8 Å². The van der Waals surface area contributed by atoms with Crippen LogP contribution in [-0.4, -0.2) is 42.6 Å². The van der Waals surface area contributed by atoms with Crippen LogP contribution in [0.2, 0.25) is 0 Å². The van der Waals surface area contributed by atoms with Crippen LogP contribution < -0.4 is 5.73 Å². The van der Waals surface area contributed by atoms with E-state index in [9.17, 15) is 4.79 Å². The maximum atomic E-state index is 12.1. The first-order valence-electron chi connectivity index (χ1n) is 8.20. The van der Waals surface area contributed by atoms with Crippen molar-refractivity contribution in [2.24, 2.45) is 11.7 Å². The predicted octanol–water partition coefficient (Wildman–Crippen LogP) is 2.31. The molecule has 0 aromatic rings. The summed E-state index contributed by atoms with van der Waals surface area (Å²) < 4.78 is 5.99. The normalized spacial score (nSPS) is 30.2. The van der Waals surface area contributed by atoms with Gasteiger partial charge in [0.1, 0.15) is 6.61 Å². The van der Waals surface area contributed by atoms with Gasteiger partial charge in [-0.25, -0.2) is 0 Å². The summed E-state index contributed by atoms with van der Waals surface area (Å²) >= 11 is 0. The van der Waals surface area contributed by atoms with E-state index in [2.05, 4.69) is 6.92 Å². The predicted molar refractivity (Wildman–Crippen MR) is 80.4 cm³/mol. The lowest BCUT2D eigenvalue weighted by atomic mass is 9.77. The van der Waals surface area contributed by atoms with Crippen LogP contribution in [0, 0.1) is 5.92 Å². The van der Waals surface area contributed by atoms with E-state index in [4.69, 9.17) is 10.5 Å². The highest BCUT2D eigenvalue weighted by atomic mass is 16.5. The molecule has 2 fully saturated rings. The third kappa shape index (κ3) is 3.95. The van der Waals surface area contributed by atoms with Crippen LogP contribution in [0.1, 0.15) is 58.3 Å². The molecule has 0 unspecified atom stereocenters. The number of carbonyl (C=O) groups excluding carboxylic acids is 1. The summed E-state index contributed by atoms with van der Waals surface area (Å²) in [5, 5.41) is 0. The summed E-state index contributed by atoms with van der Waals surface area (Å²) in [6.07, 6.45) is 9.25. The zero-order chi connectivity index (χ0) is 14.6. The summed E-state index contributed by atoms with van der Waals surface area (Å²) in [4.78, 5) is 13.9. The Bertz CT molecular complexity index is 320. The first kappa shape index (κ1) is 15.8. The standard InChI is InChI=1S/C16H30N2O2/c1-3-4-13-7-9-16(12-17,10-8-13)20-11-15(19)18(2)14-5-6-14/h13-14H,3-12,17H2,1-2H3. The number of amides is 1. The Morgan fingerprint density at radius 3 is 2.45 bits per heavy atom. The van der Waals surface area contributed by atoms with Crippen LogP contribution >= 0.6 is 0 Å². The summed E-state index contributed by atoms with van der Waals surface area (Å²) in [7, 11) is 1.89. The molecule has 4 heteroatoms. The molecule has 116 valence electrons. The second-order valence-electron chi connectivity index (χ2n) is 6.64. The van der Waals surface area contributed by atoms with E-state index in [0.717, 1.165) is 31.6 Å². The SMILES string of the molecule is CCCC1CCC(CN)(OCC(=O)N(C)C2CC2)CC1. The molecule has 0 radical (unpaired) electrons. The molecule has 1 amide bonds. The minimum Gasteiger partial charge on any atom is -0.364 e. The molecule has 2 aliphatic carbocycles. The monoisotopic (exact) mass is 282 g/mol. The van der Waals surface area contributed by atoms with Crippen LogP contribution in [-0.2, 0) is 9.53 Å². The van der Waals surface area contributed by atoms with Crippen LogP contribution in [0.4, 0.5) is 0 Å². The summed E-state index contributed by atoms with van der Waals surface area (Å²) in [6.45, 7) is 2.97. The molecule has 0 bridgehead atoms. The number of carbonyl (C=O) groups is 1. The van der Waals surface area contributed by atoms with Gasteiger partial charge in [0.15, 0.2) is 0 Å². The highest BCUT2D eigenvalue weighted by Crippen LogP contribution is 2.36. The molecule has 4 nitrogen and oxygen atoms in total. The molecule has 20 heavy (non-hydrogen) atoms. The second-order valence-corrected chi connectivity index (χ2v) is 6.64. The Balaban J connectivity index is 1.78. The Morgan fingerprint density at radius 1 is 1.30 bits per heavy atom. The van der Waals surface area contributed by atoms with Gasteiger partial charge in [-0.05, 0) is 44.4 Å². The van der Waals surface area contributed by atoms with Gasteiger partial charge in [-0.15, -0.1) is 0 Å². The first-order chi connectivity index (χ1) is 9.60. The Morgan fingerprint density at radius 2 is 1.95 bits per heavy atom. The molecule has 2 rings (SSSR count). The minimum absolute atomic E-state index is 0.107. The maximum Gasteiger partial charge on any atom is 0.248 e. The van der Waals surface area contributed by atoms with Crippen LogP contribution in [0.25, 0.3) is 0 Å². The molecule has 2 N–H and O–H groups in total. The zero-order valence-corrected chi connectivity index (χ0v) is 13.1. The highest BCUT2D eigenvalue weighted by Gasteiger charge is 2.36. The zero-order valence-electron chi connectivity index (χ0n) is 13.1.